The lowest BCUT2D eigenvalue weighted by atomic mass is 9.56. The molecule has 3 aromatic rings. The molecular formula is C32H32ClNO3S. The van der Waals surface area contributed by atoms with E-state index in [9.17, 15) is 4.79 Å². The normalized spacial score (nSPS) is 33.8. The Hall–Kier alpha value is -2.63. The minimum Gasteiger partial charge on any atom is -0.301 e. The molecular weight excluding hydrogens is 514 g/mol. The molecule has 6 heteroatoms. The number of aryl methyl sites for hydroxylation is 1. The van der Waals surface area contributed by atoms with E-state index >= 15 is 8.42 Å². The van der Waals surface area contributed by atoms with Gasteiger partial charge in [-0.05, 0) is 98.6 Å². The Morgan fingerprint density at radius 3 is 1.89 bits per heavy atom. The van der Waals surface area contributed by atoms with Crippen LogP contribution in [-0.2, 0) is 19.4 Å². The third kappa shape index (κ3) is 3.21. The summed E-state index contributed by atoms with van der Waals surface area (Å²) in [5.41, 5.74) is 3.16. The Balaban J connectivity index is 1.47. The van der Waals surface area contributed by atoms with Crippen molar-refractivity contribution < 1.29 is 13.2 Å². The molecule has 4 bridgehead atoms. The second kappa shape index (κ2) is 8.43. The number of rotatable bonds is 5. The molecule has 1 amide bonds. The van der Waals surface area contributed by atoms with Gasteiger partial charge < -0.3 is 4.90 Å². The SMILES string of the molecule is Cc1ccc(N2C(=O)[C@@](c3ccccc3)(S(=O)(=O)C34CC5CC(CC(C5)C3)C4)[C@H]2c2ccc(Cl)cc2)cc1. The standard InChI is InChI=1S/C32H32ClNO3S/c1-21-7-13-28(14-8-21)34-29(25-9-11-27(33)12-10-25)32(30(34)35,26-5-3-2-4-6-26)38(36,37)31-18-22-15-23(19-31)17-24(16-22)20-31/h2-14,22-24,29H,15-20H2,1H3/t22?,23?,24?,29-,31?,32+/m1/s1. The zero-order chi connectivity index (χ0) is 26.3. The van der Waals surface area contributed by atoms with Crippen molar-refractivity contribution in [1.82, 2.24) is 0 Å². The molecule has 2 atom stereocenters. The van der Waals surface area contributed by atoms with Gasteiger partial charge in [-0.15, -0.1) is 0 Å². The number of benzene rings is 3. The molecule has 0 unspecified atom stereocenters. The van der Waals surface area contributed by atoms with Gasteiger partial charge >= 0.3 is 0 Å². The van der Waals surface area contributed by atoms with Gasteiger partial charge in [-0.1, -0.05) is 71.8 Å². The number of hydrogen-bond donors (Lipinski definition) is 0. The van der Waals surface area contributed by atoms with E-state index in [0.29, 0.717) is 53.3 Å². The molecule has 1 saturated heterocycles. The van der Waals surface area contributed by atoms with Crippen molar-refractivity contribution in [2.24, 2.45) is 17.8 Å². The molecule has 5 fully saturated rings. The monoisotopic (exact) mass is 545 g/mol. The number of carbonyl (C=O) groups is 1. The Morgan fingerprint density at radius 1 is 0.789 bits per heavy atom. The van der Waals surface area contributed by atoms with Crippen molar-refractivity contribution in [2.45, 2.75) is 61.0 Å². The van der Waals surface area contributed by atoms with Crippen LogP contribution in [0.3, 0.4) is 0 Å². The van der Waals surface area contributed by atoms with Gasteiger partial charge in [0.2, 0.25) is 4.75 Å². The van der Waals surface area contributed by atoms with E-state index in [-0.39, 0.29) is 5.91 Å². The first-order valence-electron chi connectivity index (χ1n) is 13.7. The maximum absolute atomic E-state index is 15.4. The van der Waals surface area contributed by atoms with Crippen molar-refractivity contribution in [3.63, 3.8) is 0 Å². The summed E-state index contributed by atoms with van der Waals surface area (Å²) in [7, 11) is -3.97. The van der Waals surface area contributed by atoms with Gasteiger partial charge in [-0.3, -0.25) is 4.79 Å². The van der Waals surface area contributed by atoms with E-state index in [1.54, 1.807) is 17.0 Å². The smallest absolute Gasteiger partial charge is 0.256 e. The van der Waals surface area contributed by atoms with E-state index in [4.69, 9.17) is 11.6 Å². The first-order chi connectivity index (χ1) is 18.2. The number of sulfone groups is 1. The van der Waals surface area contributed by atoms with Crippen LogP contribution in [0.4, 0.5) is 5.69 Å². The highest BCUT2D eigenvalue weighted by molar-refractivity contribution is 7.94. The Labute approximate surface area is 229 Å². The number of nitrogens with zero attached hydrogens (tertiary/aromatic N) is 1. The molecule has 5 aliphatic rings. The fourth-order valence-electron chi connectivity index (χ4n) is 8.62. The van der Waals surface area contributed by atoms with Crippen LogP contribution in [0.1, 0.15) is 61.3 Å². The summed E-state index contributed by atoms with van der Waals surface area (Å²) < 4.78 is 28.3. The number of β-lactam (4-membered cyclic amide) rings is 1. The zero-order valence-electron chi connectivity index (χ0n) is 21.5. The van der Waals surface area contributed by atoms with Crippen molar-refractivity contribution >= 4 is 33.0 Å². The third-order valence-electron chi connectivity index (χ3n) is 9.86. The quantitative estimate of drug-likeness (QED) is 0.324. The summed E-state index contributed by atoms with van der Waals surface area (Å²) in [6.45, 7) is 2.00. The van der Waals surface area contributed by atoms with Crippen LogP contribution in [0, 0.1) is 24.7 Å². The second-order valence-corrected chi connectivity index (χ2v) is 15.1. The molecule has 4 aliphatic carbocycles. The molecule has 0 aromatic heterocycles. The van der Waals surface area contributed by atoms with Crippen LogP contribution in [-0.4, -0.2) is 19.1 Å². The minimum atomic E-state index is -3.97. The van der Waals surface area contributed by atoms with E-state index in [1.807, 2.05) is 73.7 Å². The van der Waals surface area contributed by atoms with Crippen LogP contribution in [0.5, 0.6) is 0 Å². The Morgan fingerprint density at radius 2 is 1.34 bits per heavy atom. The third-order valence-corrected chi connectivity index (χ3v) is 13.2. The van der Waals surface area contributed by atoms with E-state index in [1.165, 1.54) is 0 Å². The van der Waals surface area contributed by atoms with Crippen LogP contribution < -0.4 is 4.90 Å². The Bertz CT molecular complexity index is 1470. The fourth-order valence-corrected chi connectivity index (χ4v) is 12.1. The second-order valence-electron chi connectivity index (χ2n) is 12.2. The van der Waals surface area contributed by atoms with Crippen molar-refractivity contribution in [3.05, 3.63) is 101 Å². The Kier molecular flexibility index (Phi) is 5.42. The van der Waals surface area contributed by atoms with Crippen LogP contribution in [0.15, 0.2) is 78.9 Å². The average molecular weight is 546 g/mol. The average Bonchev–Trinajstić information content (AvgIpc) is 2.89. The summed E-state index contributed by atoms with van der Waals surface area (Å²) in [6, 6.07) is 23.7. The molecule has 0 radical (unpaired) electrons. The zero-order valence-corrected chi connectivity index (χ0v) is 23.1. The molecule has 3 aromatic carbocycles. The van der Waals surface area contributed by atoms with Gasteiger partial charge in [0, 0.05) is 10.7 Å². The van der Waals surface area contributed by atoms with Crippen molar-refractivity contribution in [1.29, 1.82) is 0 Å². The highest BCUT2D eigenvalue weighted by Crippen LogP contribution is 2.66. The van der Waals surface area contributed by atoms with Crippen molar-refractivity contribution in [3.8, 4) is 0 Å². The van der Waals surface area contributed by atoms with E-state index < -0.39 is 25.4 Å². The number of hydrogen-bond acceptors (Lipinski definition) is 3. The molecule has 4 saturated carbocycles. The molecule has 0 N–H and O–H groups in total. The van der Waals surface area contributed by atoms with Gasteiger partial charge in [0.15, 0.2) is 9.84 Å². The van der Waals surface area contributed by atoms with Crippen molar-refractivity contribution in [2.75, 3.05) is 4.90 Å². The minimum absolute atomic E-state index is 0.344. The number of anilines is 1. The maximum atomic E-state index is 15.4. The van der Waals surface area contributed by atoms with Crippen LogP contribution in [0.2, 0.25) is 5.02 Å². The summed E-state index contributed by atoms with van der Waals surface area (Å²) in [6.07, 6.45) is 5.45. The maximum Gasteiger partial charge on any atom is 0.256 e. The summed E-state index contributed by atoms with van der Waals surface area (Å²) in [4.78, 5) is 16.4. The number of amides is 1. The highest BCUT2D eigenvalue weighted by atomic mass is 35.5. The molecule has 1 aliphatic heterocycles. The lowest BCUT2D eigenvalue weighted by Crippen LogP contribution is -2.74. The van der Waals surface area contributed by atoms with Gasteiger partial charge in [0.1, 0.15) is 0 Å². The van der Waals surface area contributed by atoms with Crippen LogP contribution >= 0.6 is 11.6 Å². The summed E-state index contributed by atoms with van der Waals surface area (Å²) in [5, 5.41) is 0.579. The van der Waals surface area contributed by atoms with E-state index in [0.717, 1.165) is 30.4 Å². The highest BCUT2D eigenvalue weighted by Gasteiger charge is 2.75. The van der Waals surface area contributed by atoms with Gasteiger partial charge in [0.25, 0.3) is 5.91 Å². The van der Waals surface area contributed by atoms with Gasteiger partial charge in [0.05, 0.1) is 10.8 Å². The fraction of sp³-hybridized carbons (Fsp3) is 0.406. The summed E-state index contributed by atoms with van der Waals surface area (Å²) in [5.74, 6) is 0.992. The topological polar surface area (TPSA) is 54.5 Å². The molecule has 0 spiro atoms. The van der Waals surface area contributed by atoms with Crippen LogP contribution in [0.25, 0.3) is 0 Å². The predicted molar refractivity (Wildman–Crippen MR) is 151 cm³/mol. The first-order valence-corrected chi connectivity index (χ1v) is 15.6. The molecule has 1 heterocycles. The van der Waals surface area contributed by atoms with E-state index in [2.05, 4.69) is 0 Å². The lowest BCUT2D eigenvalue weighted by Gasteiger charge is -2.62. The van der Waals surface area contributed by atoms with Gasteiger partial charge in [-0.2, -0.15) is 0 Å². The molecule has 196 valence electrons. The molecule has 38 heavy (non-hydrogen) atoms. The predicted octanol–water partition coefficient (Wildman–Crippen LogP) is 7.02. The first kappa shape index (κ1) is 24.4. The number of carbonyl (C=O) groups excluding carboxylic acids is 1. The molecule has 8 rings (SSSR count). The largest absolute Gasteiger partial charge is 0.301 e. The molecule has 4 nitrogen and oxygen atoms in total. The summed E-state index contributed by atoms with van der Waals surface area (Å²) >= 11 is 6.27. The lowest BCUT2D eigenvalue weighted by molar-refractivity contribution is -0.129. The number of halogens is 1. The van der Waals surface area contributed by atoms with Gasteiger partial charge in [-0.25, -0.2) is 8.42 Å².